The van der Waals surface area contributed by atoms with Crippen LogP contribution >= 0.6 is 22.9 Å². The third kappa shape index (κ3) is 3.38. The topological polar surface area (TPSA) is 50.3 Å². The molecule has 0 spiro atoms. The first-order valence-electron chi connectivity index (χ1n) is 6.09. The van der Waals surface area contributed by atoms with Crippen LogP contribution in [0.25, 0.3) is 0 Å². The molecule has 0 N–H and O–H groups in total. The number of aromatic nitrogens is 1. The summed E-state index contributed by atoms with van der Waals surface area (Å²) < 4.78 is 26.3. The highest BCUT2D eigenvalue weighted by molar-refractivity contribution is 7.91. The van der Waals surface area contributed by atoms with Crippen LogP contribution in [-0.2, 0) is 23.0 Å². The van der Waals surface area contributed by atoms with Crippen molar-refractivity contribution in [3.8, 4) is 0 Å². The van der Waals surface area contributed by atoms with E-state index in [0.717, 1.165) is 23.3 Å². The fraction of sp³-hybridized carbons (Fsp3) is 0.308. The van der Waals surface area contributed by atoms with Crippen molar-refractivity contribution >= 4 is 33.0 Å². The number of nitrogens with zero attached hydrogens (tertiary/aromatic N) is 2. The summed E-state index contributed by atoms with van der Waals surface area (Å²) in [5.74, 6) is 0. The Morgan fingerprint density at radius 3 is 2.35 bits per heavy atom. The molecule has 0 fully saturated rings. The number of hydrogen-bond acceptors (Lipinski definition) is 4. The lowest BCUT2D eigenvalue weighted by molar-refractivity contribution is 0.468. The molecular formula is C13H15ClN2O2S2. The zero-order valence-electron chi connectivity index (χ0n) is 11.2. The van der Waals surface area contributed by atoms with Gasteiger partial charge in [-0.1, -0.05) is 54.1 Å². The predicted molar refractivity (Wildman–Crippen MR) is 81.6 cm³/mol. The molecule has 0 unspecified atom stereocenters. The van der Waals surface area contributed by atoms with Crippen LogP contribution in [0.5, 0.6) is 0 Å². The standard InChI is InChI=1S/C13H15ClN2O2S2/c1-3-10-4-6-11(7-5-10)9-16(2)20(17,18)12-8-15-13(14)19-12/h4-8H,3,9H2,1-2H3. The number of halogens is 1. The summed E-state index contributed by atoms with van der Waals surface area (Å²) in [6.07, 6.45) is 2.26. The molecule has 0 saturated carbocycles. The van der Waals surface area contributed by atoms with E-state index in [0.29, 0.717) is 6.54 Å². The highest BCUT2D eigenvalue weighted by atomic mass is 35.5. The number of benzene rings is 1. The maximum absolute atomic E-state index is 12.3. The number of rotatable bonds is 5. The van der Waals surface area contributed by atoms with Gasteiger partial charge in [0.1, 0.15) is 0 Å². The number of thiazole rings is 1. The molecule has 1 aromatic carbocycles. The summed E-state index contributed by atoms with van der Waals surface area (Å²) in [6.45, 7) is 2.40. The van der Waals surface area contributed by atoms with Crippen LogP contribution in [0.4, 0.5) is 0 Å². The first-order valence-corrected chi connectivity index (χ1v) is 8.72. The maximum atomic E-state index is 12.3. The molecule has 0 atom stereocenters. The number of aryl methyl sites for hydroxylation is 1. The Labute approximate surface area is 128 Å². The Morgan fingerprint density at radius 1 is 1.25 bits per heavy atom. The molecule has 0 radical (unpaired) electrons. The second-order valence-electron chi connectivity index (χ2n) is 4.36. The van der Waals surface area contributed by atoms with Gasteiger partial charge in [0, 0.05) is 13.6 Å². The van der Waals surface area contributed by atoms with E-state index in [1.54, 1.807) is 7.05 Å². The summed E-state index contributed by atoms with van der Waals surface area (Å²) in [7, 11) is -1.97. The van der Waals surface area contributed by atoms with E-state index in [1.807, 2.05) is 24.3 Å². The minimum Gasteiger partial charge on any atom is -0.232 e. The molecular weight excluding hydrogens is 316 g/mol. The van der Waals surface area contributed by atoms with Crippen molar-refractivity contribution in [3.63, 3.8) is 0 Å². The average Bonchev–Trinajstić information content (AvgIpc) is 2.87. The van der Waals surface area contributed by atoms with Crippen molar-refractivity contribution < 1.29 is 8.42 Å². The molecule has 108 valence electrons. The Kier molecular flexibility index (Phi) is 4.80. The maximum Gasteiger partial charge on any atom is 0.254 e. The summed E-state index contributed by atoms with van der Waals surface area (Å²) in [5.41, 5.74) is 2.18. The molecule has 0 aliphatic heterocycles. The van der Waals surface area contributed by atoms with Crippen molar-refractivity contribution in [2.24, 2.45) is 0 Å². The van der Waals surface area contributed by atoms with Crippen LogP contribution in [0.1, 0.15) is 18.1 Å². The van der Waals surface area contributed by atoms with Gasteiger partial charge in [0.15, 0.2) is 8.68 Å². The largest absolute Gasteiger partial charge is 0.254 e. The first-order chi connectivity index (χ1) is 9.43. The molecule has 2 aromatic rings. The Morgan fingerprint density at radius 2 is 1.85 bits per heavy atom. The minimum atomic E-state index is -3.53. The van der Waals surface area contributed by atoms with Crippen LogP contribution in [0.2, 0.25) is 4.47 Å². The number of sulfonamides is 1. The van der Waals surface area contributed by atoms with Crippen LogP contribution in [0.3, 0.4) is 0 Å². The van der Waals surface area contributed by atoms with Crippen LogP contribution in [0, 0.1) is 0 Å². The lowest BCUT2D eigenvalue weighted by Crippen LogP contribution is -2.25. The van der Waals surface area contributed by atoms with E-state index < -0.39 is 10.0 Å². The summed E-state index contributed by atoms with van der Waals surface area (Å²) in [6, 6.07) is 7.92. The average molecular weight is 331 g/mol. The zero-order chi connectivity index (χ0) is 14.8. The van der Waals surface area contributed by atoms with Crippen LogP contribution < -0.4 is 0 Å². The van der Waals surface area contributed by atoms with Crippen molar-refractivity contribution in [1.29, 1.82) is 0 Å². The highest BCUT2D eigenvalue weighted by Crippen LogP contribution is 2.25. The van der Waals surface area contributed by atoms with Gasteiger partial charge >= 0.3 is 0 Å². The molecule has 0 aliphatic rings. The zero-order valence-corrected chi connectivity index (χ0v) is 13.6. The van der Waals surface area contributed by atoms with Gasteiger partial charge in [0.05, 0.1) is 6.20 Å². The van der Waals surface area contributed by atoms with E-state index in [4.69, 9.17) is 11.6 Å². The lowest BCUT2D eigenvalue weighted by Gasteiger charge is -2.15. The lowest BCUT2D eigenvalue weighted by atomic mass is 10.1. The van der Waals surface area contributed by atoms with Crippen LogP contribution in [0.15, 0.2) is 34.7 Å². The molecule has 0 bridgehead atoms. The molecule has 2 rings (SSSR count). The molecule has 7 heteroatoms. The van der Waals surface area contributed by atoms with Gasteiger partial charge in [0.2, 0.25) is 0 Å². The van der Waals surface area contributed by atoms with Gasteiger partial charge in [-0.05, 0) is 17.5 Å². The molecule has 1 aromatic heterocycles. The van der Waals surface area contributed by atoms with E-state index in [2.05, 4.69) is 11.9 Å². The smallest absolute Gasteiger partial charge is 0.232 e. The Balaban J connectivity index is 2.16. The second-order valence-corrected chi connectivity index (χ2v) is 8.25. The van der Waals surface area contributed by atoms with Gasteiger partial charge in [-0.2, -0.15) is 4.31 Å². The van der Waals surface area contributed by atoms with Gasteiger partial charge in [-0.3, -0.25) is 0 Å². The highest BCUT2D eigenvalue weighted by Gasteiger charge is 2.23. The Hall–Kier alpha value is -0.950. The molecule has 0 amide bonds. The predicted octanol–water partition coefficient (Wildman–Crippen LogP) is 3.18. The molecule has 20 heavy (non-hydrogen) atoms. The number of hydrogen-bond donors (Lipinski definition) is 0. The Bertz CT molecular complexity index is 681. The monoisotopic (exact) mass is 330 g/mol. The minimum absolute atomic E-state index is 0.162. The fourth-order valence-electron chi connectivity index (χ4n) is 1.73. The first kappa shape index (κ1) is 15.4. The van der Waals surface area contributed by atoms with E-state index >= 15 is 0 Å². The van der Waals surface area contributed by atoms with Crippen molar-refractivity contribution in [2.45, 2.75) is 24.1 Å². The van der Waals surface area contributed by atoms with Crippen molar-refractivity contribution in [2.75, 3.05) is 7.05 Å². The summed E-state index contributed by atoms with van der Waals surface area (Å²) >= 11 is 6.65. The summed E-state index contributed by atoms with van der Waals surface area (Å²) in [4.78, 5) is 3.77. The van der Waals surface area contributed by atoms with E-state index in [-0.39, 0.29) is 8.68 Å². The SMILES string of the molecule is CCc1ccc(CN(C)S(=O)(=O)c2cnc(Cl)s2)cc1. The molecule has 0 saturated heterocycles. The fourth-order valence-corrected chi connectivity index (χ4v) is 4.40. The van der Waals surface area contributed by atoms with Gasteiger partial charge in [0.25, 0.3) is 10.0 Å². The third-order valence-corrected chi connectivity index (χ3v) is 6.31. The normalized spacial score (nSPS) is 12.0. The molecule has 1 heterocycles. The van der Waals surface area contributed by atoms with E-state index in [9.17, 15) is 8.42 Å². The molecule has 4 nitrogen and oxygen atoms in total. The molecule has 0 aliphatic carbocycles. The van der Waals surface area contributed by atoms with E-state index in [1.165, 1.54) is 16.1 Å². The summed E-state index contributed by atoms with van der Waals surface area (Å²) in [5, 5.41) is 0. The van der Waals surface area contributed by atoms with Crippen LogP contribution in [-0.4, -0.2) is 24.8 Å². The van der Waals surface area contributed by atoms with Gasteiger partial charge in [-0.25, -0.2) is 13.4 Å². The van der Waals surface area contributed by atoms with Gasteiger partial charge in [-0.15, -0.1) is 0 Å². The van der Waals surface area contributed by atoms with Gasteiger partial charge < -0.3 is 0 Å². The third-order valence-electron chi connectivity index (χ3n) is 2.96. The van der Waals surface area contributed by atoms with Crippen molar-refractivity contribution in [1.82, 2.24) is 9.29 Å². The van der Waals surface area contributed by atoms with Crippen molar-refractivity contribution in [3.05, 3.63) is 46.1 Å². The second kappa shape index (κ2) is 6.22. The quantitative estimate of drug-likeness (QED) is 0.846.